The highest BCUT2D eigenvalue weighted by Crippen LogP contribution is 2.33. The summed E-state index contributed by atoms with van der Waals surface area (Å²) in [5.41, 5.74) is 0.604. The van der Waals surface area contributed by atoms with Crippen LogP contribution in [0.5, 0.6) is 0 Å². The molecule has 0 radical (unpaired) electrons. The van der Waals surface area contributed by atoms with E-state index in [1.165, 1.54) is 0 Å². The molecule has 0 unspecified atom stereocenters. The summed E-state index contributed by atoms with van der Waals surface area (Å²) in [7, 11) is 0. The lowest BCUT2D eigenvalue weighted by Crippen LogP contribution is -2.35. The quantitative estimate of drug-likeness (QED) is 0.581. The number of hydrogen-bond donors (Lipinski definition) is 1. The summed E-state index contributed by atoms with van der Waals surface area (Å²) in [5, 5.41) is 9.70. The van der Waals surface area contributed by atoms with Crippen LogP contribution in [0, 0.1) is 5.92 Å². The van der Waals surface area contributed by atoms with Crippen molar-refractivity contribution in [3.63, 3.8) is 0 Å². The van der Waals surface area contributed by atoms with Crippen LogP contribution in [0.15, 0.2) is 12.2 Å². The molecule has 1 aliphatic heterocycles. The lowest BCUT2D eigenvalue weighted by Gasteiger charge is -2.23. The highest BCUT2D eigenvalue weighted by molar-refractivity contribution is 5.06. The van der Waals surface area contributed by atoms with Crippen molar-refractivity contribution in [3.05, 3.63) is 12.2 Å². The van der Waals surface area contributed by atoms with Gasteiger partial charge in [0.1, 0.15) is 0 Å². The third-order valence-corrected chi connectivity index (χ3v) is 2.36. The van der Waals surface area contributed by atoms with E-state index >= 15 is 0 Å². The van der Waals surface area contributed by atoms with Gasteiger partial charge in [-0.1, -0.05) is 12.2 Å². The van der Waals surface area contributed by atoms with Gasteiger partial charge in [-0.15, -0.1) is 0 Å². The maximum atomic E-state index is 9.70. The molecule has 0 aromatic rings. The second-order valence-corrected chi connectivity index (χ2v) is 3.81. The zero-order chi connectivity index (χ0) is 8.65. The average Bonchev–Trinajstić information content (AvgIpc) is 2.09. The Morgan fingerprint density at radius 1 is 1.64 bits per heavy atom. The zero-order valence-electron chi connectivity index (χ0n) is 7.42. The van der Waals surface area contributed by atoms with Gasteiger partial charge in [0, 0.05) is 5.92 Å². The van der Waals surface area contributed by atoms with E-state index in [2.05, 4.69) is 6.58 Å². The fourth-order valence-electron chi connectivity index (χ4n) is 1.38. The van der Waals surface area contributed by atoms with Crippen LogP contribution < -0.4 is 0 Å². The third-order valence-electron chi connectivity index (χ3n) is 2.36. The molecular formula is C9H16O2. The normalized spacial score (nSPS) is 35.6. The van der Waals surface area contributed by atoms with Crippen molar-refractivity contribution in [2.75, 3.05) is 6.61 Å². The first kappa shape index (κ1) is 8.75. The fraction of sp³-hybridized carbons (Fsp3) is 0.778. The van der Waals surface area contributed by atoms with Crippen LogP contribution in [-0.2, 0) is 4.74 Å². The predicted molar refractivity (Wildman–Crippen MR) is 44.3 cm³/mol. The molecule has 2 heteroatoms. The van der Waals surface area contributed by atoms with Crippen molar-refractivity contribution >= 4 is 0 Å². The minimum atomic E-state index is -0.403. The Kier molecular flexibility index (Phi) is 2.08. The van der Waals surface area contributed by atoms with Gasteiger partial charge in [0.15, 0.2) is 0 Å². The van der Waals surface area contributed by atoms with Gasteiger partial charge in [-0.25, -0.2) is 0 Å². The summed E-state index contributed by atoms with van der Waals surface area (Å²) < 4.78 is 5.42. The van der Waals surface area contributed by atoms with Crippen LogP contribution in [0.1, 0.15) is 20.8 Å². The minimum absolute atomic E-state index is 0.116. The van der Waals surface area contributed by atoms with E-state index in [9.17, 15) is 5.11 Å². The number of ether oxygens (including phenoxy) is 1. The van der Waals surface area contributed by atoms with Crippen LogP contribution in [0.3, 0.4) is 0 Å². The zero-order valence-corrected chi connectivity index (χ0v) is 7.42. The maximum Gasteiger partial charge on any atom is 0.0911 e. The van der Waals surface area contributed by atoms with Gasteiger partial charge in [-0.05, 0) is 20.8 Å². The molecule has 1 heterocycles. The summed E-state index contributed by atoms with van der Waals surface area (Å²) in [5.74, 6) is 0.116. The molecule has 2 atom stereocenters. The first-order valence-electron chi connectivity index (χ1n) is 3.92. The first-order chi connectivity index (χ1) is 4.95. The molecule has 1 N–H and O–H groups in total. The molecule has 1 rings (SSSR count). The Bertz CT molecular complexity index is 172. The van der Waals surface area contributed by atoms with E-state index in [1.54, 1.807) is 0 Å². The lowest BCUT2D eigenvalue weighted by atomic mass is 9.90. The number of rotatable bonds is 1. The highest BCUT2D eigenvalue weighted by atomic mass is 16.5. The van der Waals surface area contributed by atoms with Gasteiger partial charge in [0.25, 0.3) is 0 Å². The summed E-state index contributed by atoms with van der Waals surface area (Å²) in [6.07, 6.45) is -0.403. The Morgan fingerprint density at radius 2 is 2.18 bits per heavy atom. The van der Waals surface area contributed by atoms with E-state index in [0.717, 1.165) is 5.57 Å². The Labute approximate surface area is 67.9 Å². The van der Waals surface area contributed by atoms with Crippen LogP contribution in [0.4, 0.5) is 0 Å². The van der Waals surface area contributed by atoms with Crippen molar-refractivity contribution < 1.29 is 9.84 Å². The summed E-state index contributed by atoms with van der Waals surface area (Å²) in [4.78, 5) is 0. The Balaban J connectivity index is 2.71. The number of aliphatic hydroxyl groups excluding tert-OH is 1. The van der Waals surface area contributed by atoms with Gasteiger partial charge >= 0.3 is 0 Å². The molecule has 11 heavy (non-hydrogen) atoms. The average molecular weight is 156 g/mol. The first-order valence-corrected chi connectivity index (χ1v) is 3.92. The van der Waals surface area contributed by atoms with Gasteiger partial charge in [0.05, 0.1) is 18.3 Å². The minimum Gasteiger partial charge on any atom is -0.389 e. The van der Waals surface area contributed by atoms with Crippen LogP contribution in [-0.4, -0.2) is 23.4 Å². The van der Waals surface area contributed by atoms with Crippen LogP contribution in [0.2, 0.25) is 0 Å². The summed E-state index contributed by atoms with van der Waals surface area (Å²) >= 11 is 0. The molecule has 0 saturated carbocycles. The lowest BCUT2D eigenvalue weighted by molar-refractivity contribution is -0.0303. The number of aliphatic hydroxyl groups is 1. The van der Waals surface area contributed by atoms with Crippen molar-refractivity contribution in [2.24, 2.45) is 5.92 Å². The highest BCUT2D eigenvalue weighted by Gasteiger charge is 2.42. The summed E-state index contributed by atoms with van der Waals surface area (Å²) in [6.45, 7) is 10.1. The van der Waals surface area contributed by atoms with E-state index < -0.39 is 11.7 Å². The third kappa shape index (κ3) is 1.47. The topological polar surface area (TPSA) is 29.5 Å². The molecule has 1 aliphatic rings. The molecule has 0 aromatic carbocycles. The molecule has 64 valence electrons. The van der Waals surface area contributed by atoms with E-state index in [0.29, 0.717) is 6.61 Å². The standard InChI is InChI=1S/C9H16O2/c1-6(2)7-5-11-9(3,4)8(7)10/h7-8,10H,1,5H2,2-4H3/t7-,8-/m0/s1. The summed E-state index contributed by atoms with van der Waals surface area (Å²) in [6, 6.07) is 0. The Morgan fingerprint density at radius 3 is 2.36 bits per heavy atom. The molecule has 0 amide bonds. The fourth-order valence-corrected chi connectivity index (χ4v) is 1.38. The van der Waals surface area contributed by atoms with E-state index in [1.807, 2.05) is 20.8 Å². The molecule has 2 nitrogen and oxygen atoms in total. The smallest absolute Gasteiger partial charge is 0.0911 e. The second kappa shape index (κ2) is 2.61. The molecule has 0 aromatic heterocycles. The van der Waals surface area contributed by atoms with Gasteiger partial charge in [-0.2, -0.15) is 0 Å². The molecule has 1 saturated heterocycles. The second-order valence-electron chi connectivity index (χ2n) is 3.81. The SMILES string of the molecule is C=C(C)[C@@H]1COC(C)(C)[C@H]1O. The monoisotopic (exact) mass is 156 g/mol. The van der Waals surface area contributed by atoms with E-state index in [-0.39, 0.29) is 5.92 Å². The molecule has 0 spiro atoms. The van der Waals surface area contributed by atoms with Crippen molar-refractivity contribution in [1.29, 1.82) is 0 Å². The molecule has 0 bridgehead atoms. The molecule has 0 aliphatic carbocycles. The van der Waals surface area contributed by atoms with Gasteiger partial charge < -0.3 is 9.84 Å². The van der Waals surface area contributed by atoms with Gasteiger partial charge in [-0.3, -0.25) is 0 Å². The van der Waals surface area contributed by atoms with Gasteiger partial charge in [0.2, 0.25) is 0 Å². The maximum absolute atomic E-state index is 9.70. The Hall–Kier alpha value is -0.340. The molecular weight excluding hydrogens is 140 g/mol. The van der Waals surface area contributed by atoms with Crippen molar-refractivity contribution in [2.45, 2.75) is 32.5 Å². The van der Waals surface area contributed by atoms with E-state index in [4.69, 9.17) is 4.74 Å². The number of hydrogen-bond acceptors (Lipinski definition) is 2. The van der Waals surface area contributed by atoms with Crippen molar-refractivity contribution in [3.8, 4) is 0 Å². The van der Waals surface area contributed by atoms with Crippen LogP contribution >= 0.6 is 0 Å². The largest absolute Gasteiger partial charge is 0.389 e. The predicted octanol–water partition coefficient (Wildman–Crippen LogP) is 1.35. The van der Waals surface area contributed by atoms with Crippen molar-refractivity contribution in [1.82, 2.24) is 0 Å². The molecule has 1 fully saturated rings. The van der Waals surface area contributed by atoms with Crippen LogP contribution in [0.25, 0.3) is 0 Å².